The predicted molar refractivity (Wildman–Crippen MR) is 83.3 cm³/mol. The number of carbonyl (C=O) groups is 1. The molecular formula is C14H11ClINO. The van der Waals surface area contributed by atoms with E-state index in [0.29, 0.717) is 10.6 Å². The summed E-state index contributed by atoms with van der Waals surface area (Å²) in [6.07, 6.45) is 0. The van der Waals surface area contributed by atoms with E-state index in [1.54, 1.807) is 6.07 Å². The summed E-state index contributed by atoms with van der Waals surface area (Å²) in [5.41, 5.74) is 2.15. The Balaban J connectivity index is 2.22. The number of halogens is 2. The summed E-state index contributed by atoms with van der Waals surface area (Å²) in [6, 6.07) is 13.0. The molecular weight excluding hydrogens is 361 g/mol. The van der Waals surface area contributed by atoms with Crippen molar-refractivity contribution in [1.29, 1.82) is 0 Å². The number of hydrogen-bond donors (Lipinski definition) is 1. The van der Waals surface area contributed by atoms with E-state index < -0.39 is 0 Å². The standard InChI is InChI=1S/C14H11ClINO/c1-9-3-2-4-12(13(9)15)14(18)17-11-7-5-10(16)6-8-11/h2-8H,1H3,(H,17,18). The minimum absolute atomic E-state index is 0.190. The molecule has 0 saturated carbocycles. The van der Waals surface area contributed by atoms with Gasteiger partial charge in [-0.3, -0.25) is 4.79 Å². The molecule has 0 aliphatic carbocycles. The SMILES string of the molecule is Cc1cccc(C(=O)Nc2ccc(I)cc2)c1Cl. The van der Waals surface area contributed by atoms with Crippen molar-refractivity contribution in [3.63, 3.8) is 0 Å². The van der Waals surface area contributed by atoms with Gasteiger partial charge in [-0.25, -0.2) is 0 Å². The highest BCUT2D eigenvalue weighted by Gasteiger charge is 2.11. The van der Waals surface area contributed by atoms with Crippen molar-refractivity contribution in [3.05, 3.63) is 62.2 Å². The van der Waals surface area contributed by atoms with Crippen molar-refractivity contribution in [2.75, 3.05) is 5.32 Å². The monoisotopic (exact) mass is 371 g/mol. The minimum Gasteiger partial charge on any atom is -0.322 e. The van der Waals surface area contributed by atoms with Crippen molar-refractivity contribution in [2.24, 2.45) is 0 Å². The second-order valence-corrected chi connectivity index (χ2v) is 5.52. The lowest BCUT2D eigenvalue weighted by Gasteiger charge is -2.08. The van der Waals surface area contributed by atoms with Crippen LogP contribution >= 0.6 is 34.2 Å². The van der Waals surface area contributed by atoms with Crippen LogP contribution in [0.15, 0.2) is 42.5 Å². The van der Waals surface area contributed by atoms with Gasteiger partial charge in [-0.05, 0) is 65.4 Å². The van der Waals surface area contributed by atoms with Gasteiger partial charge in [-0.15, -0.1) is 0 Å². The molecule has 0 bridgehead atoms. The lowest BCUT2D eigenvalue weighted by atomic mass is 10.1. The average Bonchev–Trinajstić information content (AvgIpc) is 2.35. The second-order valence-electron chi connectivity index (χ2n) is 3.90. The van der Waals surface area contributed by atoms with Gasteiger partial charge in [-0.1, -0.05) is 23.7 Å². The maximum atomic E-state index is 12.1. The molecule has 1 amide bonds. The van der Waals surface area contributed by atoms with Crippen LogP contribution in [-0.4, -0.2) is 5.91 Å². The summed E-state index contributed by atoms with van der Waals surface area (Å²) in [5.74, 6) is -0.190. The van der Waals surface area contributed by atoms with Gasteiger partial charge in [-0.2, -0.15) is 0 Å². The Bertz CT molecular complexity index is 581. The second kappa shape index (κ2) is 5.71. The first-order valence-corrected chi connectivity index (χ1v) is 6.85. The van der Waals surface area contributed by atoms with Gasteiger partial charge >= 0.3 is 0 Å². The Labute approximate surface area is 124 Å². The van der Waals surface area contributed by atoms with Gasteiger partial charge in [0.15, 0.2) is 0 Å². The van der Waals surface area contributed by atoms with E-state index in [4.69, 9.17) is 11.6 Å². The Morgan fingerprint density at radius 1 is 1.17 bits per heavy atom. The molecule has 0 aliphatic rings. The van der Waals surface area contributed by atoms with Gasteiger partial charge < -0.3 is 5.32 Å². The number of amides is 1. The molecule has 0 atom stereocenters. The molecule has 0 heterocycles. The number of hydrogen-bond acceptors (Lipinski definition) is 1. The van der Waals surface area contributed by atoms with Crippen LogP contribution in [0.5, 0.6) is 0 Å². The van der Waals surface area contributed by atoms with Crippen LogP contribution in [0, 0.1) is 10.5 Å². The van der Waals surface area contributed by atoms with Crippen molar-refractivity contribution in [3.8, 4) is 0 Å². The van der Waals surface area contributed by atoms with E-state index in [1.807, 2.05) is 43.3 Å². The van der Waals surface area contributed by atoms with E-state index in [9.17, 15) is 4.79 Å². The van der Waals surface area contributed by atoms with E-state index in [-0.39, 0.29) is 5.91 Å². The lowest BCUT2D eigenvalue weighted by Crippen LogP contribution is -2.12. The lowest BCUT2D eigenvalue weighted by molar-refractivity contribution is 0.102. The maximum absolute atomic E-state index is 12.1. The molecule has 0 saturated heterocycles. The first kappa shape index (κ1) is 13.4. The summed E-state index contributed by atoms with van der Waals surface area (Å²) >= 11 is 8.34. The number of rotatable bonds is 2. The molecule has 2 aromatic rings. The minimum atomic E-state index is -0.190. The van der Waals surface area contributed by atoms with Crippen LogP contribution in [0.4, 0.5) is 5.69 Å². The molecule has 0 aliphatic heterocycles. The Kier molecular flexibility index (Phi) is 4.24. The maximum Gasteiger partial charge on any atom is 0.257 e. The van der Waals surface area contributed by atoms with Crippen LogP contribution in [0.3, 0.4) is 0 Å². The molecule has 18 heavy (non-hydrogen) atoms. The van der Waals surface area contributed by atoms with E-state index >= 15 is 0 Å². The summed E-state index contributed by atoms with van der Waals surface area (Å²) in [5, 5.41) is 3.33. The highest BCUT2D eigenvalue weighted by atomic mass is 127. The van der Waals surface area contributed by atoms with E-state index in [0.717, 1.165) is 14.8 Å². The number of anilines is 1. The number of benzene rings is 2. The molecule has 2 nitrogen and oxygen atoms in total. The third kappa shape index (κ3) is 3.03. The van der Waals surface area contributed by atoms with Crippen LogP contribution in [-0.2, 0) is 0 Å². The largest absolute Gasteiger partial charge is 0.322 e. The molecule has 1 N–H and O–H groups in total. The highest BCUT2D eigenvalue weighted by Crippen LogP contribution is 2.21. The third-order valence-corrected chi connectivity index (χ3v) is 3.76. The van der Waals surface area contributed by atoms with Gasteiger partial charge in [0.2, 0.25) is 0 Å². The molecule has 2 aromatic carbocycles. The Morgan fingerprint density at radius 3 is 2.50 bits per heavy atom. The Morgan fingerprint density at radius 2 is 1.83 bits per heavy atom. The fourth-order valence-electron chi connectivity index (χ4n) is 1.55. The zero-order valence-electron chi connectivity index (χ0n) is 9.71. The molecule has 0 spiro atoms. The van der Waals surface area contributed by atoms with Crippen LogP contribution in [0.1, 0.15) is 15.9 Å². The fourth-order valence-corrected chi connectivity index (χ4v) is 2.13. The summed E-state index contributed by atoms with van der Waals surface area (Å²) in [4.78, 5) is 12.1. The van der Waals surface area contributed by atoms with Crippen LogP contribution < -0.4 is 5.32 Å². The first-order chi connectivity index (χ1) is 8.58. The van der Waals surface area contributed by atoms with Crippen molar-refractivity contribution in [2.45, 2.75) is 6.92 Å². The summed E-state index contributed by atoms with van der Waals surface area (Å²) < 4.78 is 1.12. The van der Waals surface area contributed by atoms with Crippen LogP contribution in [0.25, 0.3) is 0 Å². The zero-order chi connectivity index (χ0) is 13.1. The average molecular weight is 372 g/mol. The third-order valence-electron chi connectivity index (χ3n) is 2.54. The van der Waals surface area contributed by atoms with Crippen molar-refractivity contribution in [1.82, 2.24) is 0 Å². The molecule has 4 heteroatoms. The molecule has 0 fully saturated rings. The van der Waals surface area contributed by atoms with Gasteiger partial charge in [0.05, 0.1) is 10.6 Å². The molecule has 0 unspecified atom stereocenters. The van der Waals surface area contributed by atoms with Gasteiger partial charge in [0.25, 0.3) is 5.91 Å². The fraction of sp³-hybridized carbons (Fsp3) is 0.0714. The quantitative estimate of drug-likeness (QED) is 0.774. The highest BCUT2D eigenvalue weighted by molar-refractivity contribution is 14.1. The zero-order valence-corrected chi connectivity index (χ0v) is 12.6. The van der Waals surface area contributed by atoms with Crippen molar-refractivity contribution >= 4 is 45.8 Å². The normalized spacial score (nSPS) is 10.2. The molecule has 92 valence electrons. The number of aryl methyl sites for hydroxylation is 1. The number of nitrogens with one attached hydrogen (secondary N) is 1. The summed E-state index contributed by atoms with van der Waals surface area (Å²) in [6.45, 7) is 1.88. The number of carbonyl (C=O) groups excluding carboxylic acids is 1. The first-order valence-electron chi connectivity index (χ1n) is 5.40. The topological polar surface area (TPSA) is 29.1 Å². The summed E-state index contributed by atoms with van der Waals surface area (Å²) in [7, 11) is 0. The smallest absolute Gasteiger partial charge is 0.257 e. The van der Waals surface area contributed by atoms with Gasteiger partial charge in [0, 0.05) is 9.26 Å². The van der Waals surface area contributed by atoms with Crippen LogP contribution in [0.2, 0.25) is 5.02 Å². The van der Waals surface area contributed by atoms with E-state index in [2.05, 4.69) is 27.9 Å². The molecule has 2 rings (SSSR count). The van der Waals surface area contributed by atoms with Crippen molar-refractivity contribution < 1.29 is 4.79 Å². The molecule has 0 aromatic heterocycles. The Hall–Kier alpha value is -1.07. The van der Waals surface area contributed by atoms with Gasteiger partial charge in [0.1, 0.15) is 0 Å². The predicted octanol–water partition coefficient (Wildman–Crippen LogP) is 4.51. The molecule has 0 radical (unpaired) electrons. The van der Waals surface area contributed by atoms with E-state index in [1.165, 1.54) is 0 Å².